The average molecular weight is 653 g/mol. The number of benzene rings is 4. The van der Waals surface area contributed by atoms with Gasteiger partial charge in [-0.25, -0.2) is 9.59 Å². The van der Waals surface area contributed by atoms with Crippen molar-refractivity contribution in [3.05, 3.63) is 119 Å². The third kappa shape index (κ3) is 8.47. The summed E-state index contributed by atoms with van der Waals surface area (Å²) >= 11 is 0. The lowest BCUT2D eigenvalue weighted by Crippen LogP contribution is -2.17. The van der Waals surface area contributed by atoms with E-state index in [0.29, 0.717) is 29.9 Å². The number of aryl methyl sites for hydroxylation is 1. The molecule has 1 aliphatic heterocycles. The Hall–Kier alpha value is -5.90. The van der Waals surface area contributed by atoms with E-state index in [-0.39, 0.29) is 36.2 Å². The second-order valence-corrected chi connectivity index (χ2v) is 11.0. The molecule has 0 spiro atoms. The van der Waals surface area contributed by atoms with E-state index in [4.69, 9.17) is 23.7 Å². The van der Waals surface area contributed by atoms with Gasteiger partial charge < -0.3 is 39.0 Å². The number of ether oxygens (including phenoxy) is 5. The summed E-state index contributed by atoms with van der Waals surface area (Å²) in [5, 5.41) is 29.1. The van der Waals surface area contributed by atoms with Crippen LogP contribution < -0.4 is 14.2 Å². The van der Waals surface area contributed by atoms with Gasteiger partial charge in [0.05, 0.1) is 26.7 Å². The lowest BCUT2D eigenvalue weighted by molar-refractivity contribution is -0.139. The van der Waals surface area contributed by atoms with Crippen molar-refractivity contribution in [2.24, 2.45) is 0 Å². The third-order valence-electron chi connectivity index (χ3n) is 7.77. The number of rotatable bonds is 13. The monoisotopic (exact) mass is 652 g/mol. The van der Waals surface area contributed by atoms with Gasteiger partial charge in [0, 0.05) is 17.7 Å². The maximum Gasteiger partial charge on any atom is 0.330 e. The van der Waals surface area contributed by atoms with Crippen LogP contribution in [0.15, 0.2) is 91.0 Å². The summed E-state index contributed by atoms with van der Waals surface area (Å²) in [6.07, 6.45) is 6.39. The molecular weight excluding hydrogens is 616 g/mol. The third-order valence-corrected chi connectivity index (χ3v) is 7.77. The standard InChI is InChI=1S/C38H36O10/c1-44-33-22-27(11-16-32(33)41)37-31(23-47-36(43)18-10-25-7-14-29(40)15-8-25)30-20-26(21-34(45-2)38(30)48-37)4-3-19-46-35(42)17-9-24-5-12-28(39)13-6-24/h5-18,20-22,31,37,39-41H,3-4,19,23H2,1-2H3/b17-9+,18-10+. The molecule has 10 heteroatoms. The Kier molecular flexibility index (Phi) is 10.9. The van der Waals surface area contributed by atoms with Gasteiger partial charge in [-0.05, 0) is 89.7 Å². The van der Waals surface area contributed by atoms with Crippen molar-refractivity contribution in [3.63, 3.8) is 0 Å². The molecule has 0 bridgehead atoms. The van der Waals surface area contributed by atoms with E-state index in [1.54, 1.807) is 55.7 Å². The van der Waals surface area contributed by atoms with Crippen LogP contribution in [0, 0.1) is 0 Å². The number of hydrogen-bond acceptors (Lipinski definition) is 10. The first kappa shape index (κ1) is 33.5. The van der Waals surface area contributed by atoms with Crippen molar-refractivity contribution in [3.8, 4) is 34.5 Å². The van der Waals surface area contributed by atoms with Crippen LogP contribution in [0.4, 0.5) is 0 Å². The van der Waals surface area contributed by atoms with Crippen molar-refractivity contribution in [2.45, 2.75) is 24.9 Å². The largest absolute Gasteiger partial charge is 0.508 e. The first-order valence-corrected chi connectivity index (χ1v) is 15.3. The summed E-state index contributed by atoms with van der Waals surface area (Å²) in [6, 6.07) is 21.6. The fourth-order valence-electron chi connectivity index (χ4n) is 5.32. The zero-order valence-electron chi connectivity index (χ0n) is 26.5. The van der Waals surface area contributed by atoms with Gasteiger partial charge in [-0.1, -0.05) is 36.4 Å². The van der Waals surface area contributed by atoms with Gasteiger partial charge in [0.2, 0.25) is 0 Å². The Morgan fingerprint density at radius 1 is 0.750 bits per heavy atom. The number of hydrogen-bond donors (Lipinski definition) is 3. The number of aromatic hydroxyl groups is 3. The van der Waals surface area contributed by atoms with Crippen LogP contribution >= 0.6 is 0 Å². The van der Waals surface area contributed by atoms with Gasteiger partial charge in [0.25, 0.3) is 0 Å². The first-order valence-electron chi connectivity index (χ1n) is 15.3. The molecule has 4 aromatic carbocycles. The van der Waals surface area contributed by atoms with Gasteiger partial charge in [-0.2, -0.15) is 0 Å². The summed E-state index contributed by atoms with van der Waals surface area (Å²) < 4.78 is 28.5. The van der Waals surface area contributed by atoms with Crippen LogP contribution in [-0.4, -0.2) is 54.7 Å². The molecule has 0 saturated heterocycles. The number of phenolic OH excluding ortho intramolecular Hbond substituents is 3. The highest BCUT2D eigenvalue weighted by Crippen LogP contribution is 2.51. The molecule has 3 N–H and O–H groups in total. The van der Waals surface area contributed by atoms with E-state index in [1.807, 2.05) is 12.1 Å². The Labute approximate surface area is 278 Å². The smallest absolute Gasteiger partial charge is 0.330 e. The summed E-state index contributed by atoms with van der Waals surface area (Å²) in [5.41, 5.74) is 3.89. The van der Waals surface area contributed by atoms with Crippen LogP contribution in [0.5, 0.6) is 34.5 Å². The van der Waals surface area contributed by atoms with Crippen molar-refractivity contribution in [1.82, 2.24) is 0 Å². The molecule has 0 fully saturated rings. The molecule has 1 aliphatic rings. The maximum atomic E-state index is 12.8. The van der Waals surface area contributed by atoms with E-state index < -0.39 is 24.0 Å². The first-order chi connectivity index (χ1) is 23.2. The average Bonchev–Trinajstić information content (AvgIpc) is 3.46. The van der Waals surface area contributed by atoms with E-state index >= 15 is 0 Å². The molecule has 1 heterocycles. The van der Waals surface area contributed by atoms with Crippen LogP contribution in [0.3, 0.4) is 0 Å². The molecular formula is C38H36O10. The Balaban J connectivity index is 1.30. The summed E-state index contributed by atoms with van der Waals surface area (Å²) in [5.74, 6) is 0.0955. The Bertz CT molecular complexity index is 1790. The van der Waals surface area contributed by atoms with Crippen LogP contribution in [0.25, 0.3) is 12.2 Å². The van der Waals surface area contributed by atoms with Crippen molar-refractivity contribution in [2.75, 3.05) is 27.4 Å². The molecule has 0 radical (unpaired) electrons. The number of esters is 2. The molecule has 0 amide bonds. The van der Waals surface area contributed by atoms with Crippen LogP contribution in [-0.2, 0) is 25.5 Å². The SMILES string of the molecule is COc1cc(C2Oc3c(OC)cc(CCCOC(=O)/C=C/c4ccc(O)cc4)cc3C2COC(=O)/C=C/c2ccc(O)cc2)ccc1O. The zero-order chi connectivity index (χ0) is 34.0. The summed E-state index contributed by atoms with van der Waals surface area (Å²) in [7, 11) is 3.01. The number of methoxy groups -OCH3 is 2. The number of carbonyl (C=O) groups excluding carboxylic acids is 2. The minimum absolute atomic E-state index is 0.0167. The number of fused-ring (bicyclic) bond motifs is 1. The number of phenols is 3. The fraction of sp³-hybridized carbons (Fsp3) is 0.211. The predicted molar refractivity (Wildman–Crippen MR) is 178 cm³/mol. The van der Waals surface area contributed by atoms with Crippen molar-refractivity contribution >= 4 is 24.1 Å². The van der Waals surface area contributed by atoms with E-state index in [9.17, 15) is 24.9 Å². The molecule has 10 nitrogen and oxygen atoms in total. The molecule has 2 atom stereocenters. The van der Waals surface area contributed by atoms with Gasteiger partial charge in [0.1, 0.15) is 24.2 Å². The highest BCUT2D eigenvalue weighted by molar-refractivity contribution is 5.87. The maximum absolute atomic E-state index is 12.8. The van der Waals surface area contributed by atoms with Crippen molar-refractivity contribution < 1.29 is 48.6 Å². The lowest BCUT2D eigenvalue weighted by Gasteiger charge is -2.20. The van der Waals surface area contributed by atoms with Gasteiger partial charge in [-0.15, -0.1) is 0 Å². The number of carbonyl (C=O) groups is 2. The van der Waals surface area contributed by atoms with Crippen LogP contribution in [0.1, 0.15) is 46.3 Å². The molecule has 0 aliphatic carbocycles. The summed E-state index contributed by atoms with van der Waals surface area (Å²) in [6.45, 7) is 0.177. The Morgan fingerprint density at radius 2 is 1.35 bits per heavy atom. The predicted octanol–water partition coefficient (Wildman–Crippen LogP) is 6.48. The highest BCUT2D eigenvalue weighted by atomic mass is 16.5. The molecule has 48 heavy (non-hydrogen) atoms. The lowest BCUT2D eigenvalue weighted by atomic mass is 9.90. The zero-order valence-corrected chi connectivity index (χ0v) is 26.5. The Morgan fingerprint density at radius 3 is 1.96 bits per heavy atom. The van der Waals surface area contributed by atoms with Crippen LogP contribution in [0.2, 0.25) is 0 Å². The molecule has 5 rings (SSSR count). The normalized spacial score (nSPS) is 15.2. The second kappa shape index (κ2) is 15.6. The molecule has 2 unspecified atom stereocenters. The minimum atomic E-state index is -0.589. The highest BCUT2D eigenvalue weighted by Gasteiger charge is 2.39. The van der Waals surface area contributed by atoms with E-state index in [1.165, 1.54) is 49.6 Å². The summed E-state index contributed by atoms with van der Waals surface area (Å²) in [4.78, 5) is 25.0. The molecule has 4 aromatic rings. The van der Waals surface area contributed by atoms with E-state index in [0.717, 1.165) is 22.3 Å². The fourth-order valence-corrected chi connectivity index (χ4v) is 5.32. The quantitative estimate of drug-likeness (QED) is 0.0835. The van der Waals surface area contributed by atoms with E-state index in [2.05, 4.69) is 0 Å². The van der Waals surface area contributed by atoms with Gasteiger partial charge in [0.15, 0.2) is 23.0 Å². The molecule has 0 aromatic heterocycles. The van der Waals surface area contributed by atoms with Gasteiger partial charge in [-0.3, -0.25) is 0 Å². The minimum Gasteiger partial charge on any atom is -0.508 e. The molecule has 0 saturated carbocycles. The molecule has 248 valence electrons. The topological polar surface area (TPSA) is 141 Å². The second-order valence-electron chi connectivity index (χ2n) is 11.0. The van der Waals surface area contributed by atoms with Crippen molar-refractivity contribution in [1.29, 1.82) is 0 Å². The van der Waals surface area contributed by atoms with Gasteiger partial charge >= 0.3 is 11.9 Å².